The predicted molar refractivity (Wildman–Crippen MR) is 77.2 cm³/mol. The molecule has 2 fully saturated rings. The lowest BCUT2D eigenvalue weighted by Gasteiger charge is -2.50. The standard InChI is InChI=1S/C13H22N4O3S/c1-15-8-13(14-10-15)21(19,20)16-4-2-3-5-17-11(7-16)6-12(17)9-18/h8,10-12,18H,2-7,9H2,1H3/t11-,12+/m1/s1. The first-order chi connectivity index (χ1) is 10.0. The van der Waals surface area contributed by atoms with Gasteiger partial charge >= 0.3 is 0 Å². The smallest absolute Gasteiger partial charge is 0.262 e. The van der Waals surface area contributed by atoms with E-state index in [0.717, 1.165) is 25.8 Å². The van der Waals surface area contributed by atoms with Crippen molar-refractivity contribution in [2.75, 3.05) is 26.2 Å². The Labute approximate surface area is 125 Å². The maximum Gasteiger partial charge on any atom is 0.262 e. The summed E-state index contributed by atoms with van der Waals surface area (Å²) < 4.78 is 28.6. The molecule has 2 aliphatic rings. The average Bonchev–Trinajstić information content (AvgIpc) is 2.85. The maximum atomic E-state index is 12.7. The van der Waals surface area contributed by atoms with Gasteiger partial charge in [-0.05, 0) is 25.8 Å². The number of hydrogen-bond acceptors (Lipinski definition) is 5. The lowest BCUT2D eigenvalue weighted by molar-refractivity contribution is -0.0306. The van der Waals surface area contributed by atoms with Gasteiger partial charge in [0, 0.05) is 38.4 Å². The molecule has 118 valence electrons. The first-order valence-corrected chi connectivity index (χ1v) is 8.81. The van der Waals surface area contributed by atoms with Crippen LogP contribution in [0.25, 0.3) is 0 Å². The van der Waals surface area contributed by atoms with Crippen molar-refractivity contribution in [3.63, 3.8) is 0 Å². The molecule has 21 heavy (non-hydrogen) atoms. The van der Waals surface area contributed by atoms with Gasteiger partial charge in [-0.1, -0.05) is 0 Å². The molecule has 0 spiro atoms. The van der Waals surface area contributed by atoms with Gasteiger partial charge in [0.2, 0.25) is 0 Å². The van der Waals surface area contributed by atoms with E-state index in [1.54, 1.807) is 22.1 Å². The minimum Gasteiger partial charge on any atom is -0.395 e. The molecular formula is C13H22N4O3S. The molecular weight excluding hydrogens is 292 g/mol. The van der Waals surface area contributed by atoms with E-state index in [2.05, 4.69) is 9.88 Å². The highest BCUT2D eigenvalue weighted by molar-refractivity contribution is 7.89. The van der Waals surface area contributed by atoms with Gasteiger partial charge in [0.15, 0.2) is 5.03 Å². The molecule has 2 saturated heterocycles. The van der Waals surface area contributed by atoms with Gasteiger partial charge in [0.25, 0.3) is 10.0 Å². The summed E-state index contributed by atoms with van der Waals surface area (Å²) in [4.78, 5) is 6.23. The van der Waals surface area contributed by atoms with Crippen LogP contribution in [0, 0.1) is 0 Å². The van der Waals surface area contributed by atoms with Gasteiger partial charge in [-0.2, -0.15) is 4.31 Å². The second kappa shape index (κ2) is 5.68. The van der Waals surface area contributed by atoms with E-state index < -0.39 is 10.0 Å². The zero-order valence-electron chi connectivity index (χ0n) is 12.2. The summed E-state index contributed by atoms with van der Waals surface area (Å²) in [6.45, 7) is 2.15. The second-order valence-corrected chi connectivity index (χ2v) is 7.80. The van der Waals surface area contributed by atoms with Gasteiger partial charge in [-0.25, -0.2) is 13.4 Å². The Kier molecular flexibility index (Phi) is 4.04. The number of aliphatic hydroxyl groups is 1. The molecule has 1 aromatic heterocycles. The number of aliphatic hydroxyl groups excluding tert-OH is 1. The van der Waals surface area contributed by atoms with Gasteiger partial charge in [-0.3, -0.25) is 4.90 Å². The largest absolute Gasteiger partial charge is 0.395 e. The average molecular weight is 314 g/mol. The monoisotopic (exact) mass is 314 g/mol. The number of fused-ring (bicyclic) bond motifs is 1. The molecule has 0 unspecified atom stereocenters. The normalized spacial score (nSPS) is 28.5. The molecule has 1 aromatic rings. The molecule has 2 atom stereocenters. The van der Waals surface area contributed by atoms with Crippen LogP contribution in [0.4, 0.5) is 0 Å². The fourth-order valence-corrected chi connectivity index (χ4v) is 4.73. The third-order valence-electron chi connectivity index (χ3n) is 4.47. The summed E-state index contributed by atoms with van der Waals surface area (Å²) in [5.74, 6) is 0. The summed E-state index contributed by atoms with van der Waals surface area (Å²) in [6, 6.07) is 0.424. The van der Waals surface area contributed by atoms with Gasteiger partial charge in [0.1, 0.15) is 0 Å². The van der Waals surface area contributed by atoms with Crippen LogP contribution in [0.2, 0.25) is 0 Å². The van der Waals surface area contributed by atoms with Crippen molar-refractivity contribution in [2.24, 2.45) is 7.05 Å². The molecule has 3 rings (SSSR count). The fraction of sp³-hybridized carbons (Fsp3) is 0.769. The zero-order chi connectivity index (χ0) is 15.0. The van der Waals surface area contributed by atoms with Crippen molar-refractivity contribution >= 4 is 10.0 Å². The number of rotatable bonds is 3. The van der Waals surface area contributed by atoms with Crippen LogP contribution in [-0.2, 0) is 17.1 Å². The second-order valence-electron chi connectivity index (χ2n) is 5.91. The molecule has 0 amide bonds. The zero-order valence-corrected chi connectivity index (χ0v) is 13.0. The molecule has 3 heterocycles. The maximum absolute atomic E-state index is 12.7. The molecule has 0 aliphatic carbocycles. The van der Waals surface area contributed by atoms with Crippen LogP contribution in [0.15, 0.2) is 17.6 Å². The number of aromatic nitrogens is 2. The highest BCUT2D eigenvalue weighted by Gasteiger charge is 2.41. The minimum atomic E-state index is -3.52. The molecule has 8 heteroatoms. The van der Waals surface area contributed by atoms with Crippen molar-refractivity contribution < 1.29 is 13.5 Å². The Morgan fingerprint density at radius 2 is 2.14 bits per heavy atom. The summed E-state index contributed by atoms with van der Waals surface area (Å²) >= 11 is 0. The van der Waals surface area contributed by atoms with Crippen molar-refractivity contribution in [3.05, 3.63) is 12.5 Å². The number of imidazole rings is 1. The lowest BCUT2D eigenvalue weighted by Crippen LogP contribution is -2.62. The third kappa shape index (κ3) is 2.73. The SMILES string of the molecule is Cn1cnc(S(=O)(=O)N2CCCCN3[C@H](CO)C[C@@H]3C2)c1. The number of hydrogen-bond donors (Lipinski definition) is 1. The summed E-state index contributed by atoms with van der Waals surface area (Å²) in [7, 11) is -1.75. The Morgan fingerprint density at radius 1 is 1.38 bits per heavy atom. The van der Waals surface area contributed by atoms with Crippen LogP contribution in [0.5, 0.6) is 0 Å². The van der Waals surface area contributed by atoms with E-state index in [-0.39, 0.29) is 23.7 Å². The van der Waals surface area contributed by atoms with E-state index in [0.29, 0.717) is 13.1 Å². The molecule has 7 nitrogen and oxygen atoms in total. The Morgan fingerprint density at radius 3 is 2.81 bits per heavy atom. The molecule has 0 radical (unpaired) electrons. The van der Waals surface area contributed by atoms with Crippen LogP contribution in [0.3, 0.4) is 0 Å². The number of nitrogens with zero attached hydrogens (tertiary/aromatic N) is 4. The number of aryl methyl sites for hydroxylation is 1. The Hall–Kier alpha value is -0.960. The summed E-state index contributed by atoms with van der Waals surface area (Å²) in [5.41, 5.74) is 0. The van der Waals surface area contributed by atoms with Crippen molar-refractivity contribution in [2.45, 2.75) is 36.4 Å². The van der Waals surface area contributed by atoms with Crippen molar-refractivity contribution in [3.8, 4) is 0 Å². The predicted octanol–water partition coefficient (Wildman–Crippen LogP) is -0.360. The van der Waals surface area contributed by atoms with Crippen LogP contribution >= 0.6 is 0 Å². The van der Waals surface area contributed by atoms with Crippen molar-refractivity contribution in [1.82, 2.24) is 18.8 Å². The minimum absolute atomic E-state index is 0.121. The van der Waals surface area contributed by atoms with E-state index in [9.17, 15) is 13.5 Å². The van der Waals surface area contributed by atoms with Gasteiger partial charge < -0.3 is 9.67 Å². The molecule has 2 aliphatic heterocycles. The van der Waals surface area contributed by atoms with Crippen molar-refractivity contribution in [1.29, 1.82) is 0 Å². The highest BCUT2D eigenvalue weighted by Crippen LogP contribution is 2.30. The first-order valence-electron chi connectivity index (χ1n) is 7.37. The summed E-state index contributed by atoms with van der Waals surface area (Å²) in [6.07, 6.45) is 5.72. The number of sulfonamides is 1. The van der Waals surface area contributed by atoms with Gasteiger partial charge in [-0.15, -0.1) is 0 Å². The topological polar surface area (TPSA) is 78.7 Å². The van der Waals surface area contributed by atoms with E-state index >= 15 is 0 Å². The van der Waals surface area contributed by atoms with Crippen LogP contribution in [0.1, 0.15) is 19.3 Å². The van der Waals surface area contributed by atoms with Crippen LogP contribution < -0.4 is 0 Å². The van der Waals surface area contributed by atoms with E-state index in [1.807, 2.05) is 0 Å². The Bertz CT molecular complexity index is 600. The molecule has 0 saturated carbocycles. The Balaban J connectivity index is 1.78. The molecule has 1 N–H and O–H groups in total. The van der Waals surface area contributed by atoms with Crippen LogP contribution in [-0.4, -0.2) is 70.6 Å². The molecule has 0 bridgehead atoms. The van der Waals surface area contributed by atoms with Gasteiger partial charge in [0.05, 0.1) is 12.9 Å². The summed E-state index contributed by atoms with van der Waals surface area (Å²) in [5, 5.41) is 9.43. The quantitative estimate of drug-likeness (QED) is 0.824. The van der Waals surface area contributed by atoms with E-state index in [1.165, 1.54) is 6.33 Å². The third-order valence-corrected chi connectivity index (χ3v) is 6.22. The van der Waals surface area contributed by atoms with E-state index in [4.69, 9.17) is 0 Å². The lowest BCUT2D eigenvalue weighted by atomic mass is 9.92. The first kappa shape index (κ1) is 15.0. The fourth-order valence-electron chi connectivity index (χ4n) is 3.25. The highest BCUT2D eigenvalue weighted by atomic mass is 32.2. The molecule has 0 aromatic carbocycles.